The minimum Gasteiger partial charge on any atom is -0.376 e. The first-order valence-electron chi connectivity index (χ1n) is 6.86. The number of likely N-dealkylation sites (N-methyl/N-ethyl adjacent to an activating group) is 1. The van der Waals surface area contributed by atoms with Crippen LogP contribution in [-0.2, 0) is 9.59 Å². The number of rotatable bonds is 6. The van der Waals surface area contributed by atoms with Gasteiger partial charge >= 0.3 is 0 Å². The van der Waals surface area contributed by atoms with E-state index in [-0.39, 0.29) is 24.9 Å². The van der Waals surface area contributed by atoms with Crippen molar-refractivity contribution < 1.29 is 9.59 Å². The molecule has 1 fully saturated rings. The Bertz CT molecular complexity index is 558. The molecule has 1 aromatic rings. The standard InChI is InChI=1S/C15H18N4O2/c1-19(10-14(20)18-13-6-7-13)15(21)9-17-12-4-2-11(8-16)3-5-12/h2-5,13,17H,6-7,9-10H2,1H3,(H,18,20). The van der Waals surface area contributed by atoms with E-state index in [4.69, 9.17) is 5.26 Å². The molecule has 0 radical (unpaired) electrons. The number of carbonyl (C=O) groups is 2. The van der Waals surface area contributed by atoms with Crippen molar-refractivity contribution in [3.63, 3.8) is 0 Å². The van der Waals surface area contributed by atoms with Gasteiger partial charge in [0.25, 0.3) is 0 Å². The number of carbonyl (C=O) groups excluding carboxylic acids is 2. The fraction of sp³-hybridized carbons (Fsp3) is 0.400. The molecule has 21 heavy (non-hydrogen) atoms. The van der Waals surface area contributed by atoms with Crippen LogP contribution >= 0.6 is 0 Å². The largest absolute Gasteiger partial charge is 0.376 e. The van der Waals surface area contributed by atoms with E-state index in [1.165, 1.54) is 4.90 Å². The number of amides is 2. The van der Waals surface area contributed by atoms with Gasteiger partial charge in [0.15, 0.2) is 0 Å². The molecular weight excluding hydrogens is 268 g/mol. The van der Waals surface area contributed by atoms with E-state index in [0.717, 1.165) is 18.5 Å². The van der Waals surface area contributed by atoms with E-state index in [2.05, 4.69) is 10.6 Å². The average Bonchev–Trinajstić information content (AvgIpc) is 3.28. The van der Waals surface area contributed by atoms with Gasteiger partial charge in [0, 0.05) is 18.8 Å². The van der Waals surface area contributed by atoms with Crippen molar-refractivity contribution in [2.75, 3.05) is 25.5 Å². The molecule has 1 aromatic carbocycles. The highest BCUT2D eigenvalue weighted by atomic mass is 16.2. The summed E-state index contributed by atoms with van der Waals surface area (Å²) in [5.74, 6) is -0.281. The number of hydrogen-bond acceptors (Lipinski definition) is 4. The van der Waals surface area contributed by atoms with Gasteiger partial charge in [0.1, 0.15) is 0 Å². The van der Waals surface area contributed by atoms with Crippen LogP contribution in [-0.4, -0.2) is 42.9 Å². The van der Waals surface area contributed by atoms with Crippen molar-refractivity contribution in [3.8, 4) is 6.07 Å². The van der Waals surface area contributed by atoms with E-state index < -0.39 is 0 Å². The summed E-state index contributed by atoms with van der Waals surface area (Å²) in [7, 11) is 1.61. The smallest absolute Gasteiger partial charge is 0.242 e. The van der Waals surface area contributed by atoms with Gasteiger partial charge in [-0.15, -0.1) is 0 Å². The second-order valence-electron chi connectivity index (χ2n) is 5.13. The van der Waals surface area contributed by atoms with Crippen molar-refractivity contribution in [2.24, 2.45) is 0 Å². The summed E-state index contributed by atoms with van der Waals surface area (Å²) in [5, 5.41) is 14.5. The molecule has 0 bridgehead atoms. The van der Waals surface area contributed by atoms with Gasteiger partial charge in [0.2, 0.25) is 11.8 Å². The Hall–Kier alpha value is -2.55. The molecule has 0 aromatic heterocycles. The number of hydrogen-bond donors (Lipinski definition) is 2. The second kappa shape index (κ2) is 6.75. The number of nitriles is 1. The predicted molar refractivity (Wildman–Crippen MR) is 78.4 cm³/mol. The number of nitrogens with one attached hydrogen (secondary N) is 2. The van der Waals surface area contributed by atoms with E-state index >= 15 is 0 Å². The minimum absolute atomic E-state index is 0.0738. The predicted octanol–water partition coefficient (Wildman–Crippen LogP) is 0.707. The zero-order valence-electron chi connectivity index (χ0n) is 11.9. The summed E-state index contributed by atoms with van der Waals surface area (Å²) in [4.78, 5) is 24.9. The molecule has 1 aliphatic carbocycles. The van der Waals surface area contributed by atoms with E-state index in [0.29, 0.717) is 11.6 Å². The Labute approximate surface area is 123 Å². The number of benzene rings is 1. The Morgan fingerprint density at radius 3 is 2.57 bits per heavy atom. The van der Waals surface area contributed by atoms with Crippen molar-refractivity contribution >= 4 is 17.5 Å². The van der Waals surface area contributed by atoms with Gasteiger partial charge < -0.3 is 15.5 Å². The van der Waals surface area contributed by atoms with Crippen LogP contribution in [0.1, 0.15) is 18.4 Å². The summed E-state index contributed by atoms with van der Waals surface area (Å²) in [6.07, 6.45) is 2.06. The third-order valence-corrected chi connectivity index (χ3v) is 3.21. The lowest BCUT2D eigenvalue weighted by Crippen LogP contribution is -2.41. The molecule has 2 rings (SSSR count). The summed E-state index contributed by atoms with van der Waals surface area (Å²) < 4.78 is 0. The van der Waals surface area contributed by atoms with E-state index in [1.54, 1.807) is 31.3 Å². The zero-order valence-corrected chi connectivity index (χ0v) is 11.9. The van der Waals surface area contributed by atoms with Crippen molar-refractivity contribution in [3.05, 3.63) is 29.8 Å². The normalized spacial score (nSPS) is 13.1. The zero-order chi connectivity index (χ0) is 15.2. The van der Waals surface area contributed by atoms with Gasteiger partial charge in [0.05, 0.1) is 24.7 Å². The molecule has 0 atom stereocenters. The van der Waals surface area contributed by atoms with Gasteiger partial charge in [-0.3, -0.25) is 9.59 Å². The average molecular weight is 286 g/mol. The summed E-state index contributed by atoms with van der Waals surface area (Å²) in [5.41, 5.74) is 1.33. The van der Waals surface area contributed by atoms with Crippen molar-refractivity contribution in [1.82, 2.24) is 10.2 Å². The third kappa shape index (κ3) is 4.80. The fourth-order valence-electron chi connectivity index (χ4n) is 1.78. The Balaban J connectivity index is 1.74. The second-order valence-corrected chi connectivity index (χ2v) is 5.13. The molecule has 0 spiro atoms. The lowest BCUT2D eigenvalue weighted by molar-refractivity contribution is -0.133. The lowest BCUT2D eigenvalue weighted by Gasteiger charge is -2.17. The highest BCUT2D eigenvalue weighted by Gasteiger charge is 2.24. The molecule has 110 valence electrons. The third-order valence-electron chi connectivity index (χ3n) is 3.21. The summed E-state index contributed by atoms with van der Waals surface area (Å²) in [6.45, 7) is 0.184. The SMILES string of the molecule is CN(CC(=O)NC1CC1)C(=O)CNc1ccc(C#N)cc1. The maximum Gasteiger partial charge on any atom is 0.242 e. The molecule has 1 saturated carbocycles. The van der Waals surface area contributed by atoms with Gasteiger partial charge in [-0.2, -0.15) is 5.26 Å². The van der Waals surface area contributed by atoms with Crippen LogP contribution in [0.15, 0.2) is 24.3 Å². The van der Waals surface area contributed by atoms with Crippen molar-refractivity contribution in [2.45, 2.75) is 18.9 Å². The number of nitrogens with zero attached hydrogens (tertiary/aromatic N) is 2. The Morgan fingerprint density at radius 1 is 1.33 bits per heavy atom. The molecule has 1 aliphatic rings. The first kappa shape index (κ1) is 14.9. The maximum atomic E-state index is 11.9. The molecular formula is C15H18N4O2. The van der Waals surface area contributed by atoms with Crippen LogP contribution in [0.25, 0.3) is 0 Å². The van der Waals surface area contributed by atoms with Crippen LogP contribution in [0.4, 0.5) is 5.69 Å². The van der Waals surface area contributed by atoms with Crippen LogP contribution in [0.3, 0.4) is 0 Å². The molecule has 0 saturated heterocycles. The van der Waals surface area contributed by atoms with E-state index in [1.807, 2.05) is 6.07 Å². The van der Waals surface area contributed by atoms with Gasteiger partial charge in [-0.05, 0) is 37.1 Å². The highest BCUT2D eigenvalue weighted by Crippen LogP contribution is 2.18. The minimum atomic E-state index is -0.162. The molecule has 2 N–H and O–H groups in total. The highest BCUT2D eigenvalue weighted by molar-refractivity contribution is 5.86. The van der Waals surface area contributed by atoms with Gasteiger partial charge in [-0.25, -0.2) is 0 Å². The first-order valence-corrected chi connectivity index (χ1v) is 6.86. The quantitative estimate of drug-likeness (QED) is 0.806. The monoisotopic (exact) mass is 286 g/mol. The topological polar surface area (TPSA) is 85.2 Å². The Morgan fingerprint density at radius 2 is 2.00 bits per heavy atom. The molecule has 6 nitrogen and oxygen atoms in total. The maximum absolute atomic E-state index is 11.9. The summed E-state index contributed by atoms with van der Waals surface area (Å²) in [6, 6.07) is 9.18. The fourth-order valence-corrected chi connectivity index (χ4v) is 1.78. The van der Waals surface area contributed by atoms with Crippen molar-refractivity contribution in [1.29, 1.82) is 5.26 Å². The first-order chi connectivity index (χ1) is 10.1. The van der Waals surface area contributed by atoms with Crippen LogP contribution in [0.2, 0.25) is 0 Å². The summed E-state index contributed by atoms with van der Waals surface area (Å²) >= 11 is 0. The molecule has 0 heterocycles. The molecule has 2 amide bonds. The van der Waals surface area contributed by atoms with Crippen LogP contribution in [0.5, 0.6) is 0 Å². The van der Waals surface area contributed by atoms with E-state index in [9.17, 15) is 9.59 Å². The molecule has 0 aliphatic heterocycles. The number of anilines is 1. The molecule has 0 unspecified atom stereocenters. The lowest BCUT2D eigenvalue weighted by atomic mass is 10.2. The van der Waals surface area contributed by atoms with Gasteiger partial charge in [-0.1, -0.05) is 0 Å². The molecule has 6 heteroatoms. The Kier molecular flexibility index (Phi) is 4.77. The van der Waals surface area contributed by atoms with Crippen LogP contribution in [0, 0.1) is 11.3 Å². The van der Waals surface area contributed by atoms with Crippen LogP contribution < -0.4 is 10.6 Å².